The Balaban J connectivity index is 1.64. The SMILES string of the molecule is c1cn(-c2ccc(-c3noc(C4CC4)n3)cc2)cn1. The molecule has 1 aliphatic carbocycles. The van der Waals surface area contributed by atoms with Crippen LogP contribution in [0.3, 0.4) is 0 Å². The molecule has 5 nitrogen and oxygen atoms in total. The fourth-order valence-corrected chi connectivity index (χ4v) is 2.04. The molecule has 1 aliphatic rings. The fourth-order valence-electron chi connectivity index (χ4n) is 2.04. The summed E-state index contributed by atoms with van der Waals surface area (Å²) in [6.45, 7) is 0. The summed E-state index contributed by atoms with van der Waals surface area (Å²) in [5.41, 5.74) is 2.03. The quantitative estimate of drug-likeness (QED) is 0.719. The highest BCUT2D eigenvalue weighted by molar-refractivity contribution is 5.56. The van der Waals surface area contributed by atoms with Gasteiger partial charge in [0.1, 0.15) is 0 Å². The summed E-state index contributed by atoms with van der Waals surface area (Å²) in [6, 6.07) is 8.03. The second-order valence-corrected chi connectivity index (χ2v) is 4.75. The minimum absolute atomic E-state index is 0.492. The lowest BCUT2D eigenvalue weighted by atomic mass is 10.2. The molecule has 5 heteroatoms. The van der Waals surface area contributed by atoms with Gasteiger partial charge in [-0.25, -0.2) is 4.98 Å². The molecular weight excluding hydrogens is 240 g/mol. The van der Waals surface area contributed by atoms with Crippen LogP contribution in [0.25, 0.3) is 17.1 Å². The Morgan fingerprint density at radius 3 is 2.68 bits per heavy atom. The van der Waals surface area contributed by atoms with Gasteiger partial charge in [0.2, 0.25) is 11.7 Å². The van der Waals surface area contributed by atoms with Crippen LogP contribution in [-0.4, -0.2) is 19.7 Å². The molecule has 0 atom stereocenters. The molecule has 2 aromatic heterocycles. The van der Waals surface area contributed by atoms with E-state index in [1.165, 1.54) is 12.8 Å². The Bertz CT molecular complexity index is 681. The van der Waals surface area contributed by atoms with Crippen molar-refractivity contribution in [3.05, 3.63) is 48.9 Å². The topological polar surface area (TPSA) is 56.7 Å². The van der Waals surface area contributed by atoms with Gasteiger partial charge in [-0.2, -0.15) is 4.98 Å². The van der Waals surface area contributed by atoms with Crippen molar-refractivity contribution in [3.8, 4) is 17.1 Å². The molecule has 1 fully saturated rings. The Labute approximate surface area is 109 Å². The van der Waals surface area contributed by atoms with Crippen LogP contribution >= 0.6 is 0 Å². The minimum Gasteiger partial charge on any atom is -0.339 e. The molecule has 0 N–H and O–H groups in total. The van der Waals surface area contributed by atoms with Gasteiger partial charge in [0, 0.05) is 29.6 Å². The van der Waals surface area contributed by atoms with Gasteiger partial charge in [-0.05, 0) is 37.1 Å². The van der Waals surface area contributed by atoms with Crippen molar-refractivity contribution in [1.82, 2.24) is 19.7 Å². The average Bonchev–Trinajstić information content (AvgIpc) is 2.97. The van der Waals surface area contributed by atoms with Gasteiger partial charge in [-0.15, -0.1) is 0 Å². The first-order chi connectivity index (χ1) is 9.40. The molecule has 0 amide bonds. The molecule has 4 rings (SSSR count). The largest absolute Gasteiger partial charge is 0.339 e. The van der Waals surface area contributed by atoms with Crippen LogP contribution in [0.4, 0.5) is 0 Å². The van der Waals surface area contributed by atoms with E-state index in [-0.39, 0.29) is 0 Å². The number of benzene rings is 1. The molecule has 0 radical (unpaired) electrons. The Morgan fingerprint density at radius 1 is 1.16 bits per heavy atom. The van der Waals surface area contributed by atoms with Crippen molar-refractivity contribution in [2.45, 2.75) is 18.8 Å². The summed E-state index contributed by atoms with van der Waals surface area (Å²) in [5, 5.41) is 4.03. The molecule has 0 aliphatic heterocycles. The van der Waals surface area contributed by atoms with E-state index in [0.29, 0.717) is 11.7 Å². The maximum absolute atomic E-state index is 5.27. The highest BCUT2D eigenvalue weighted by Gasteiger charge is 2.29. The van der Waals surface area contributed by atoms with Gasteiger partial charge in [0.15, 0.2) is 0 Å². The first kappa shape index (κ1) is 10.5. The molecule has 2 heterocycles. The van der Waals surface area contributed by atoms with Crippen LogP contribution in [0.1, 0.15) is 24.7 Å². The van der Waals surface area contributed by atoms with E-state index >= 15 is 0 Å². The second-order valence-electron chi connectivity index (χ2n) is 4.75. The third-order valence-electron chi connectivity index (χ3n) is 3.30. The van der Waals surface area contributed by atoms with Crippen molar-refractivity contribution in [3.63, 3.8) is 0 Å². The highest BCUT2D eigenvalue weighted by Crippen LogP contribution is 2.39. The van der Waals surface area contributed by atoms with Crippen LogP contribution in [0.2, 0.25) is 0 Å². The van der Waals surface area contributed by atoms with E-state index < -0.39 is 0 Å². The summed E-state index contributed by atoms with van der Waals surface area (Å²) >= 11 is 0. The van der Waals surface area contributed by atoms with E-state index in [0.717, 1.165) is 17.1 Å². The number of aromatic nitrogens is 4. The normalized spacial score (nSPS) is 14.7. The zero-order valence-corrected chi connectivity index (χ0v) is 10.2. The van der Waals surface area contributed by atoms with Crippen LogP contribution in [-0.2, 0) is 0 Å². The number of imidazole rings is 1. The maximum atomic E-state index is 5.27. The lowest BCUT2D eigenvalue weighted by molar-refractivity contribution is 0.380. The van der Waals surface area contributed by atoms with Gasteiger partial charge < -0.3 is 9.09 Å². The molecule has 0 spiro atoms. The number of hydrogen-bond acceptors (Lipinski definition) is 4. The monoisotopic (exact) mass is 252 g/mol. The first-order valence-corrected chi connectivity index (χ1v) is 6.32. The predicted octanol–water partition coefficient (Wildman–Crippen LogP) is 2.80. The lowest BCUT2D eigenvalue weighted by Gasteiger charge is -2.01. The molecule has 1 aromatic carbocycles. The van der Waals surface area contributed by atoms with Gasteiger partial charge >= 0.3 is 0 Å². The Kier molecular flexibility index (Phi) is 2.24. The number of nitrogens with zero attached hydrogens (tertiary/aromatic N) is 4. The molecule has 0 bridgehead atoms. The van der Waals surface area contributed by atoms with E-state index in [2.05, 4.69) is 15.1 Å². The van der Waals surface area contributed by atoms with Crippen LogP contribution in [0, 0.1) is 0 Å². The van der Waals surface area contributed by atoms with E-state index in [9.17, 15) is 0 Å². The zero-order valence-electron chi connectivity index (χ0n) is 10.2. The maximum Gasteiger partial charge on any atom is 0.230 e. The molecule has 1 saturated carbocycles. The summed E-state index contributed by atoms with van der Waals surface area (Å²) in [5.74, 6) is 1.93. The molecule has 3 aromatic rings. The second kappa shape index (κ2) is 4.05. The Morgan fingerprint density at radius 2 is 2.00 bits per heavy atom. The molecule has 94 valence electrons. The summed E-state index contributed by atoms with van der Waals surface area (Å²) in [6.07, 6.45) is 7.78. The van der Waals surface area contributed by atoms with Crippen LogP contribution in [0.15, 0.2) is 47.5 Å². The third kappa shape index (κ3) is 1.93. The van der Waals surface area contributed by atoms with Crippen molar-refractivity contribution in [2.75, 3.05) is 0 Å². The predicted molar refractivity (Wildman–Crippen MR) is 68.8 cm³/mol. The van der Waals surface area contributed by atoms with Crippen LogP contribution < -0.4 is 0 Å². The van der Waals surface area contributed by atoms with Gasteiger partial charge in [0.25, 0.3) is 0 Å². The van der Waals surface area contributed by atoms with Crippen molar-refractivity contribution in [2.24, 2.45) is 0 Å². The smallest absolute Gasteiger partial charge is 0.230 e. The van der Waals surface area contributed by atoms with E-state index in [1.807, 2.05) is 35.0 Å². The zero-order chi connectivity index (χ0) is 12.7. The summed E-state index contributed by atoms with van der Waals surface area (Å²) < 4.78 is 7.22. The van der Waals surface area contributed by atoms with Gasteiger partial charge in [-0.1, -0.05) is 5.16 Å². The fraction of sp³-hybridized carbons (Fsp3) is 0.214. The van der Waals surface area contributed by atoms with Crippen molar-refractivity contribution in [1.29, 1.82) is 0 Å². The highest BCUT2D eigenvalue weighted by atomic mass is 16.5. The van der Waals surface area contributed by atoms with Gasteiger partial charge in [-0.3, -0.25) is 0 Å². The van der Waals surface area contributed by atoms with E-state index in [1.54, 1.807) is 12.5 Å². The minimum atomic E-state index is 0.492. The average molecular weight is 252 g/mol. The van der Waals surface area contributed by atoms with Crippen molar-refractivity contribution >= 4 is 0 Å². The number of hydrogen-bond donors (Lipinski definition) is 0. The molecular formula is C14H12N4O. The first-order valence-electron chi connectivity index (χ1n) is 6.32. The number of rotatable bonds is 3. The summed E-state index contributed by atoms with van der Waals surface area (Å²) in [4.78, 5) is 8.47. The Hall–Kier alpha value is -2.43. The lowest BCUT2D eigenvalue weighted by Crippen LogP contribution is -1.89. The van der Waals surface area contributed by atoms with Gasteiger partial charge in [0.05, 0.1) is 6.33 Å². The molecule has 0 saturated heterocycles. The van der Waals surface area contributed by atoms with E-state index in [4.69, 9.17) is 4.52 Å². The standard InChI is InChI=1S/C14H12N4O/c1-2-11(1)14-16-13(17-19-14)10-3-5-12(6-4-10)18-8-7-15-9-18/h3-9,11H,1-2H2. The summed E-state index contributed by atoms with van der Waals surface area (Å²) in [7, 11) is 0. The van der Waals surface area contributed by atoms with Crippen LogP contribution in [0.5, 0.6) is 0 Å². The molecule has 19 heavy (non-hydrogen) atoms. The van der Waals surface area contributed by atoms with Crippen molar-refractivity contribution < 1.29 is 4.52 Å². The molecule has 0 unspecified atom stereocenters. The third-order valence-corrected chi connectivity index (χ3v) is 3.30.